The lowest BCUT2D eigenvalue weighted by Crippen LogP contribution is -2.43. The summed E-state index contributed by atoms with van der Waals surface area (Å²) in [6, 6.07) is 3.61. The summed E-state index contributed by atoms with van der Waals surface area (Å²) < 4.78 is 0. The molecule has 0 radical (unpaired) electrons. The molecule has 1 rings (SSSR count). The van der Waals surface area contributed by atoms with Crippen LogP contribution < -0.4 is 5.32 Å². The van der Waals surface area contributed by atoms with Crippen LogP contribution >= 0.6 is 0 Å². The molecule has 0 spiro atoms. The van der Waals surface area contributed by atoms with Crippen molar-refractivity contribution in [2.45, 2.75) is 59.0 Å². The Bertz CT molecular complexity index is 452. The van der Waals surface area contributed by atoms with E-state index in [0.29, 0.717) is 24.9 Å². The van der Waals surface area contributed by atoms with Crippen molar-refractivity contribution in [3.63, 3.8) is 0 Å². The Hall–Kier alpha value is -1.42. The molecule has 1 aromatic rings. The maximum Gasteiger partial charge on any atom is 0.253 e. The van der Waals surface area contributed by atoms with Gasteiger partial charge in [0.15, 0.2) is 0 Å². The van der Waals surface area contributed by atoms with Gasteiger partial charge in [0.05, 0.1) is 16.9 Å². The Balaban J connectivity index is 2.70. The number of carbonyl (C=O) groups is 1. The Morgan fingerprint density at radius 1 is 1.25 bits per heavy atom. The van der Waals surface area contributed by atoms with Crippen molar-refractivity contribution in [3.05, 3.63) is 29.1 Å². The van der Waals surface area contributed by atoms with Crippen LogP contribution in [0.1, 0.15) is 61.3 Å². The molecule has 0 bridgehead atoms. The molecule has 4 heteroatoms. The molecule has 0 atom stereocenters. The number of nitrogens with one attached hydrogen (secondary N) is 1. The van der Waals surface area contributed by atoms with Gasteiger partial charge in [-0.3, -0.25) is 9.78 Å². The lowest BCUT2D eigenvalue weighted by atomic mass is 9.92. The van der Waals surface area contributed by atoms with Crippen LogP contribution in [0.4, 0.5) is 0 Å². The molecular weight excluding hydrogens is 252 g/mol. The minimum Gasteiger partial charge on any atom is -0.388 e. The van der Waals surface area contributed by atoms with Crippen LogP contribution in [0.15, 0.2) is 12.1 Å². The molecule has 4 nitrogen and oxygen atoms in total. The van der Waals surface area contributed by atoms with E-state index < -0.39 is 5.60 Å². The van der Waals surface area contributed by atoms with Crippen molar-refractivity contribution >= 4 is 5.91 Å². The van der Waals surface area contributed by atoms with Crippen molar-refractivity contribution in [3.8, 4) is 0 Å². The summed E-state index contributed by atoms with van der Waals surface area (Å²) in [4.78, 5) is 16.5. The van der Waals surface area contributed by atoms with E-state index in [1.165, 1.54) is 0 Å². The van der Waals surface area contributed by atoms with Crippen LogP contribution in [-0.4, -0.2) is 28.1 Å². The molecule has 20 heavy (non-hydrogen) atoms. The summed E-state index contributed by atoms with van der Waals surface area (Å²) in [6.07, 6.45) is 3.20. The zero-order chi connectivity index (χ0) is 15.2. The first-order valence-electron chi connectivity index (χ1n) is 7.36. The molecule has 0 aliphatic carbocycles. The lowest BCUT2D eigenvalue weighted by Gasteiger charge is -2.27. The van der Waals surface area contributed by atoms with E-state index in [2.05, 4.69) is 10.3 Å². The molecule has 112 valence electrons. The average molecular weight is 278 g/mol. The van der Waals surface area contributed by atoms with Crippen LogP contribution in [0.25, 0.3) is 0 Å². The summed E-state index contributed by atoms with van der Waals surface area (Å²) in [5.74, 6) is -0.166. The van der Waals surface area contributed by atoms with Gasteiger partial charge in [-0.2, -0.15) is 0 Å². The smallest absolute Gasteiger partial charge is 0.253 e. The van der Waals surface area contributed by atoms with Crippen LogP contribution in [0.3, 0.4) is 0 Å². The Morgan fingerprint density at radius 3 is 2.35 bits per heavy atom. The summed E-state index contributed by atoms with van der Waals surface area (Å²) in [7, 11) is 0. The summed E-state index contributed by atoms with van der Waals surface area (Å²) >= 11 is 0. The number of rotatable bonds is 7. The van der Waals surface area contributed by atoms with E-state index in [0.717, 1.165) is 24.2 Å². The molecule has 0 fully saturated rings. The molecule has 0 aliphatic heterocycles. The number of carbonyl (C=O) groups excluding carboxylic acids is 1. The van der Waals surface area contributed by atoms with E-state index in [1.807, 2.05) is 33.8 Å². The molecule has 0 saturated heterocycles. The van der Waals surface area contributed by atoms with Gasteiger partial charge in [-0.05, 0) is 38.8 Å². The third-order valence-corrected chi connectivity index (χ3v) is 3.48. The fraction of sp³-hybridized carbons (Fsp3) is 0.625. The van der Waals surface area contributed by atoms with E-state index in [1.54, 1.807) is 6.07 Å². The molecule has 0 saturated carbocycles. The molecule has 0 unspecified atom stereocenters. The van der Waals surface area contributed by atoms with E-state index in [9.17, 15) is 9.90 Å². The predicted octanol–water partition coefficient (Wildman–Crippen LogP) is 2.76. The normalized spacial score (nSPS) is 11.4. The van der Waals surface area contributed by atoms with Crippen LogP contribution in [0.5, 0.6) is 0 Å². The quantitative estimate of drug-likeness (QED) is 0.806. The number of aryl methyl sites for hydroxylation is 2. The number of aliphatic hydroxyl groups is 1. The second-order valence-electron chi connectivity index (χ2n) is 5.49. The molecule has 1 amide bonds. The van der Waals surface area contributed by atoms with E-state index >= 15 is 0 Å². The Morgan fingerprint density at radius 2 is 1.85 bits per heavy atom. The van der Waals surface area contributed by atoms with Gasteiger partial charge in [0.25, 0.3) is 5.91 Å². The zero-order valence-corrected chi connectivity index (χ0v) is 13.0. The summed E-state index contributed by atoms with van der Waals surface area (Å²) in [6.45, 7) is 8.09. The number of hydrogen-bond acceptors (Lipinski definition) is 3. The number of hydrogen-bond donors (Lipinski definition) is 2. The highest BCUT2D eigenvalue weighted by Crippen LogP contribution is 2.18. The third kappa shape index (κ3) is 4.60. The van der Waals surface area contributed by atoms with Crippen molar-refractivity contribution in [2.24, 2.45) is 0 Å². The summed E-state index contributed by atoms with van der Waals surface area (Å²) in [5, 5.41) is 13.3. The molecule has 1 heterocycles. The fourth-order valence-electron chi connectivity index (χ4n) is 2.50. The molecular formula is C16H26N2O2. The number of pyridine rings is 1. The molecule has 1 aromatic heterocycles. The minimum absolute atomic E-state index is 0.166. The molecule has 0 aliphatic rings. The fourth-order valence-corrected chi connectivity index (χ4v) is 2.50. The lowest BCUT2D eigenvalue weighted by molar-refractivity contribution is 0.0213. The summed E-state index contributed by atoms with van der Waals surface area (Å²) in [5.41, 5.74) is 1.39. The van der Waals surface area contributed by atoms with Crippen molar-refractivity contribution in [1.82, 2.24) is 10.3 Å². The first-order valence-corrected chi connectivity index (χ1v) is 7.36. The van der Waals surface area contributed by atoms with Gasteiger partial charge in [0.2, 0.25) is 0 Å². The first-order chi connectivity index (χ1) is 9.41. The monoisotopic (exact) mass is 278 g/mol. The van der Waals surface area contributed by atoms with Crippen LogP contribution in [-0.2, 0) is 0 Å². The number of amides is 1. The minimum atomic E-state index is -0.800. The van der Waals surface area contributed by atoms with Crippen LogP contribution in [0, 0.1) is 13.8 Å². The maximum atomic E-state index is 12.2. The average Bonchev–Trinajstić information content (AvgIpc) is 2.37. The van der Waals surface area contributed by atoms with Crippen molar-refractivity contribution in [2.75, 3.05) is 6.54 Å². The Kier molecular flexibility index (Phi) is 6.14. The van der Waals surface area contributed by atoms with Gasteiger partial charge < -0.3 is 10.4 Å². The zero-order valence-electron chi connectivity index (χ0n) is 13.0. The third-order valence-electron chi connectivity index (χ3n) is 3.48. The van der Waals surface area contributed by atoms with E-state index in [4.69, 9.17) is 0 Å². The number of aromatic nitrogens is 1. The highest BCUT2D eigenvalue weighted by molar-refractivity contribution is 5.95. The van der Waals surface area contributed by atoms with Gasteiger partial charge in [-0.15, -0.1) is 0 Å². The number of nitrogens with zero attached hydrogens (tertiary/aromatic N) is 1. The van der Waals surface area contributed by atoms with E-state index in [-0.39, 0.29) is 5.91 Å². The van der Waals surface area contributed by atoms with Gasteiger partial charge in [-0.1, -0.05) is 26.7 Å². The van der Waals surface area contributed by atoms with Gasteiger partial charge in [0, 0.05) is 12.2 Å². The molecule has 0 aromatic carbocycles. The highest BCUT2D eigenvalue weighted by atomic mass is 16.3. The standard InChI is InChI=1S/C16H26N2O2/c1-5-9-16(20,10-6-2)11-17-15(19)14-8-7-12(3)18-13(14)4/h7-8,20H,5-6,9-11H2,1-4H3,(H,17,19). The molecule has 2 N–H and O–H groups in total. The van der Waals surface area contributed by atoms with Gasteiger partial charge in [-0.25, -0.2) is 0 Å². The second kappa shape index (κ2) is 7.39. The first kappa shape index (κ1) is 16.6. The van der Waals surface area contributed by atoms with Crippen molar-refractivity contribution < 1.29 is 9.90 Å². The maximum absolute atomic E-state index is 12.2. The Labute approximate surface area is 121 Å². The van der Waals surface area contributed by atoms with Crippen LogP contribution in [0.2, 0.25) is 0 Å². The highest BCUT2D eigenvalue weighted by Gasteiger charge is 2.25. The largest absolute Gasteiger partial charge is 0.388 e. The van der Waals surface area contributed by atoms with Crippen molar-refractivity contribution in [1.29, 1.82) is 0 Å². The topological polar surface area (TPSA) is 62.2 Å². The second-order valence-corrected chi connectivity index (χ2v) is 5.49. The van der Waals surface area contributed by atoms with Gasteiger partial charge in [0.1, 0.15) is 0 Å². The predicted molar refractivity (Wildman–Crippen MR) is 80.8 cm³/mol. The SMILES string of the molecule is CCCC(O)(CCC)CNC(=O)c1ccc(C)nc1C. The van der Waals surface area contributed by atoms with Gasteiger partial charge >= 0.3 is 0 Å².